The second-order valence-corrected chi connectivity index (χ2v) is 5.43. The number of aliphatic hydroxyl groups is 1. The number of fused-ring (bicyclic) bond motifs is 1. The molecular formula is C21H20IrNO2-. The Hall–Kier alpha value is -2.29. The van der Waals surface area contributed by atoms with Gasteiger partial charge in [-0.2, -0.15) is 0 Å². The van der Waals surface area contributed by atoms with Gasteiger partial charge in [0.25, 0.3) is 0 Å². The standard InChI is InChI=1S/C15H10N.C6H10O2.Ir/c1-2-6-12(7-3-1)15-11-10-13-8-4-5-9-14(13)16-15;1-4(5(2)7)6(3)8;/h1-6,8-11H;7H,1-3H3;/q-1;;/b;5-4-;. The van der Waals surface area contributed by atoms with Gasteiger partial charge in [-0.05, 0) is 37.9 Å². The quantitative estimate of drug-likeness (QED) is 0.296. The number of nitrogens with zero attached hydrogens (tertiary/aromatic N) is 1. The molecule has 1 heterocycles. The molecule has 0 saturated heterocycles. The summed E-state index contributed by atoms with van der Waals surface area (Å²) in [6.07, 6.45) is 0. The average molecular weight is 511 g/mol. The number of rotatable bonds is 2. The summed E-state index contributed by atoms with van der Waals surface area (Å²) in [6, 6.07) is 23.4. The molecule has 4 heteroatoms. The van der Waals surface area contributed by atoms with Gasteiger partial charge in [-0.25, -0.2) is 0 Å². The molecule has 0 saturated carbocycles. The molecule has 0 aliphatic rings. The van der Waals surface area contributed by atoms with E-state index in [4.69, 9.17) is 5.11 Å². The van der Waals surface area contributed by atoms with Crippen LogP contribution in [0.4, 0.5) is 0 Å². The number of pyridine rings is 1. The largest absolute Gasteiger partial charge is 0.512 e. The minimum Gasteiger partial charge on any atom is -0.512 e. The Morgan fingerprint density at radius 1 is 0.960 bits per heavy atom. The first-order valence-electron chi connectivity index (χ1n) is 7.69. The molecule has 0 aliphatic carbocycles. The zero-order chi connectivity index (χ0) is 17.5. The molecule has 131 valence electrons. The Morgan fingerprint density at radius 3 is 2.20 bits per heavy atom. The van der Waals surface area contributed by atoms with Crippen LogP contribution in [-0.2, 0) is 24.9 Å². The van der Waals surface area contributed by atoms with E-state index >= 15 is 0 Å². The average Bonchev–Trinajstić information content (AvgIpc) is 2.61. The van der Waals surface area contributed by atoms with E-state index in [1.807, 2.05) is 48.5 Å². The molecular weight excluding hydrogens is 490 g/mol. The third kappa shape index (κ3) is 5.93. The Bertz CT molecular complexity index is 869. The first-order valence-corrected chi connectivity index (χ1v) is 7.69. The van der Waals surface area contributed by atoms with Crippen molar-refractivity contribution in [1.29, 1.82) is 0 Å². The second-order valence-electron chi connectivity index (χ2n) is 5.43. The first kappa shape index (κ1) is 20.8. The van der Waals surface area contributed by atoms with Crippen LogP contribution in [0.2, 0.25) is 0 Å². The smallest absolute Gasteiger partial charge is 0.158 e. The molecule has 3 nitrogen and oxygen atoms in total. The van der Waals surface area contributed by atoms with Crippen molar-refractivity contribution >= 4 is 16.7 Å². The summed E-state index contributed by atoms with van der Waals surface area (Å²) in [6.45, 7) is 4.52. The van der Waals surface area contributed by atoms with Crippen LogP contribution in [-0.4, -0.2) is 15.9 Å². The SMILES string of the molecule is CC(=O)/C(C)=C(/C)O.[Ir].[c-]1ccccc1-c1ccc2ccccc2n1. The molecule has 0 spiro atoms. The van der Waals surface area contributed by atoms with Crippen molar-refractivity contribution in [2.45, 2.75) is 20.8 Å². The number of Topliss-reactive ketones (excluding diaryl/α,β-unsaturated/α-hetero) is 1. The van der Waals surface area contributed by atoms with Crippen LogP contribution < -0.4 is 0 Å². The van der Waals surface area contributed by atoms with Crippen molar-refractivity contribution in [3.63, 3.8) is 0 Å². The number of ketones is 1. The fourth-order valence-corrected chi connectivity index (χ4v) is 2.02. The summed E-state index contributed by atoms with van der Waals surface area (Å²) >= 11 is 0. The number of hydrogen-bond donors (Lipinski definition) is 1. The summed E-state index contributed by atoms with van der Waals surface area (Å²) in [5.74, 6) is 0.0301. The van der Waals surface area contributed by atoms with Crippen LogP contribution in [0.3, 0.4) is 0 Å². The Balaban J connectivity index is 0.000000301. The Kier molecular flexibility index (Phi) is 8.20. The third-order valence-electron chi connectivity index (χ3n) is 3.65. The van der Waals surface area contributed by atoms with Gasteiger partial charge in [0.15, 0.2) is 5.78 Å². The molecule has 1 N–H and O–H groups in total. The zero-order valence-corrected chi connectivity index (χ0v) is 16.8. The van der Waals surface area contributed by atoms with Gasteiger partial charge in [-0.3, -0.25) is 9.78 Å². The van der Waals surface area contributed by atoms with Gasteiger partial charge in [0.1, 0.15) is 0 Å². The third-order valence-corrected chi connectivity index (χ3v) is 3.65. The van der Waals surface area contributed by atoms with Crippen molar-refractivity contribution in [3.8, 4) is 11.3 Å². The zero-order valence-electron chi connectivity index (χ0n) is 14.4. The summed E-state index contributed by atoms with van der Waals surface area (Å²) < 4.78 is 0. The number of allylic oxidation sites excluding steroid dienone is 2. The van der Waals surface area contributed by atoms with E-state index < -0.39 is 0 Å². The van der Waals surface area contributed by atoms with E-state index in [9.17, 15) is 4.79 Å². The van der Waals surface area contributed by atoms with E-state index in [1.165, 1.54) is 19.2 Å². The van der Waals surface area contributed by atoms with Gasteiger partial charge in [-0.1, -0.05) is 30.3 Å². The predicted octanol–water partition coefficient (Wildman–Crippen LogP) is 5.13. The van der Waals surface area contributed by atoms with Crippen LogP contribution >= 0.6 is 0 Å². The number of carbonyl (C=O) groups excluding carboxylic acids is 1. The van der Waals surface area contributed by atoms with Crippen LogP contribution in [0.15, 0.2) is 72.0 Å². The number of para-hydroxylation sites is 1. The van der Waals surface area contributed by atoms with Crippen LogP contribution in [0.5, 0.6) is 0 Å². The van der Waals surface area contributed by atoms with Gasteiger partial charge < -0.3 is 5.11 Å². The van der Waals surface area contributed by atoms with E-state index in [0.717, 1.165) is 16.8 Å². The molecule has 0 amide bonds. The summed E-state index contributed by atoms with van der Waals surface area (Å²) in [5.41, 5.74) is 3.47. The number of carbonyl (C=O) groups is 1. The maximum absolute atomic E-state index is 10.4. The molecule has 1 radical (unpaired) electrons. The fourth-order valence-electron chi connectivity index (χ4n) is 2.02. The van der Waals surface area contributed by atoms with Gasteiger partial charge in [0.05, 0.1) is 11.3 Å². The molecule has 3 rings (SSSR count). The van der Waals surface area contributed by atoms with Crippen molar-refractivity contribution in [3.05, 3.63) is 78.1 Å². The normalized spacial score (nSPS) is 10.8. The second kappa shape index (κ2) is 9.87. The van der Waals surface area contributed by atoms with Crippen LogP contribution in [0.1, 0.15) is 20.8 Å². The van der Waals surface area contributed by atoms with E-state index in [0.29, 0.717) is 5.57 Å². The molecule has 2 aromatic carbocycles. The summed E-state index contributed by atoms with van der Waals surface area (Å²) in [7, 11) is 0. The number of hydrogen-bond acceptors (Lipinski definition) is 3. The van der Waals surface area contributed by atoms with E-state index in [-0.39, 0.29) is 31.6 Å². The molecule has 1 aromatic heterocycles. The van der Waals surface area contributed by atoms with Crippen molar-refractivity contribution in [2.24, 2.45) is 0 Å². The Labute approximate surface area is 161 Å². The molecule has 25 heavy (non-hydrogen) atoms. The minimum atomic E-state index is -0.0787. The fraction of sp³-hybridized carbons (Fsp3) is 0.143. The molecule has 3 aromatic rings. The molecule has 0 unspecified atom stereocenters. The molecule has 0 bridgehead atoms. The number of aliphatic hydroxyl groups excluding tert-OH is 1. The molecule has 0 atom stereocenters. The topological polar surface area (TPSA) is 50.2 Å². The summed E-state index contributed by atoms with van der Waals surface area (Å²) in [5, 5.41) is 9.82. The van der Waals surface area contributed by atoms with Gasteiger partial charge >= 0.3 is 0 Å². The van der Waals surface area contributed by atoms with Gasteiger partial charge in [0, 0.05) is 25.7 Å². The predicted molar refractivity (Wildman–Crippen MR) is 97.7 cm³/mol. The number of benzene rings is 2. The van der Waals surface area contributed by atoms with Crippen LogP contribution in [0, 0.1) is 6.07 Å². The summed E-state index contributed by atoms with van der Waals surface area (Å²) in [4.78, 5) is 15.0. The van der Waals surface area contributed by atoms with Crippen LogP contribution in [0.25, 0.3) is 22.2 Å². The minimum absolute atomic E-state index is 0. The Morgan fingerprint density at radius 2 is 1.64 bits per heavy atom. The van der Waals surface area contributed by atoms with Crippen molar-refractivity contribution < 1.29 is 30.0 Å². The monoisotopic (exact) mass is 511 g/mol. The first-order chi connectivity index (χ1) is 11.5. The number of aromatic nitrogens is 1. The van der Waals surface area contributed by atoms with Crippen molar-refractivity contribution in [1.82, 2.24) is 4.98 Å². The van der Waals surface area contributed by atoms with Gasteiger partial charge in [0.2, 0.25) is 0 Å². The molecule has 0 fully saturated rings. The van der Waals surface area contributed by atoms with Gasteiger partial charge in [-0.15, -0.1) is 35.9 Å². The maximum atomic E-state index is 10.4. The maximum Gasteiger partial charge on any atom is 0.158 e. The molecule has 0 aliphatic heterocycles. The van der Waals surface area contributed by atoms with E-state index in [2.05, 4.69) is 23.2 Å². The van der Waals surface area contributed by atoms with E-state index in [1.54, 1.807) is 6.92 Å². The van der Waals surface area contributed by atoms with Crippen molar-refractivity contribution in [2.75, 3.05) is 0 Å².